The standard InChI is InChI=1S/C18H21N3O2/c1-3-9-20-18(23)16-11-14(8-10-19-16)17(22)21-12-15-7-5-4-6-13(15)2/h4-8,10-11H,3,9,12H2,1-2H3,(H,20,23)(H,21,22). The van der Waals surface area contributed by atoms with E-state index in [1.54, 1.807) is 6.07 Å². The minimum absolute atomic E-state index is 0.222. The first-order valence-electron chi connectivity index (χ1n) is 7.68. The molecule has 0 saturated heterocycles. The zero-order valence-corrected chi connectivity index (χ0v) is 13.4. The molecule has 0 saturated carbocycles. The highest BCUT2D eigenvalue weighted by molar-refractivity contribution is 5.98. The first kappa shape index (κ1) is 16.7. The van der Waals surface area contributed by atoms with Gasteiger partial charge in [-0.05, 0) is 36.6 Å². The number of hydrogen-bond donors (Lipinski definition) is 2. The number of carbonyl (C=O) groups is 2. The van der Waals surface area contributed by atoms with Crippen molar-refractivity contribution < 1.29 is 9.59 Å². The van der Waals surface area contributed by atoms with Crippen LogP contribution in [0.25, 0.3) is 0 Å². The van der Waals surface area contributed by atoms with Gasteiger partial charge in [0.1, 0.15) is 5.69 Å². The second-order valence-electron chi connectivity index (χ2n) is 5.29. The summed E-state index contributed by atoms with van der Waals surface area (Å²) in [4.78, 5) is 28.2. The quantitative estimate of drug-likeness (QED) is 0.861. The minimum Gasteiger partial charge on any atom is -0.351 e. The Balaban J connectivity index is 2.02. The van der Waals surface area contributed by atoms with Gasteiger partial charge in [0.05, 0.1) is 0 Å². The molecule has 0 aliphatic carbocycles. The molecule has 120 valence electrons. The molecule has 0 aliphatic heterocycles. The van der Waals surface area contributed by atoms with Gasteiger partial charge in [0.25, 0.3) is 11.8 Å². The van der Waals surface area contributed by atoms with Gasteiger partial charge in [0, 0.05) is 24.8 Å². The van der Waals surface area contributed by atoms with Gasteiger partial charge < -0.3 is 10.6 Å². The van der Waals surface area contributed by atoms with Gasteiger partial charge in [-0.15, -0.1) is 0 Å². The van der Waals surface area contributed by atoms with E-state index < -0.39 is 0 Å². The van der Waals surface area contributed by atoms with Crippen molar-refractivity contribution in [2.45, 2.75) is 26.8 Å². The number of aryl methyl sites for hydroxylation is 1. The number of aromatic nitrogens is 1. The van der Waals surface area contributed by atoms with Crippen LogP contribution in [-0.2, 0) is 6.54 Å². The third-order valence-electron chi connectivity index (χ3n) is 3.49. The van der Waals surface area contributed by atoms with Gasteiger partial charge in [-0.3, -0.25) is 14.6 Å². The number of carbonyl (C=O) groups excluding carboxylic acids is 2. The Labute approximate surface area is 136 Å². The molecular weight excluding hydrogens is 290 g/mol. The zero-order valence-electron chi connectivity index (χ0n) is 13.4. The van der Waals surface area contributed by atoms with Gasteiger partial charge in [0.2, 0.25) is 0 Å². The molecule has 2 N–H and O–H groups in total. The number of nitrogens with one attached hydrogen (secondary N) is 2. The molecule has 1 heterocycles. The van der Waals surface area contributed by atoms with Crippen molar-refractivity contribution in [1.82, 2.24) is 15.6 Å². The summed E-state index contributed by atoms with van der Waals surface area (Å²) in [5.74, 6) is -0.486. The van der Waals surface area contributed by atoms with E-state index in [9.17, 15) is 9.59 Å². The Morgan fingerprint density at radius 1 is 1.09 bits per heavy atom. The van der Waals surface area contributed by atoms with Crippen molar-refractivity contribution in [2.75, 3.05) is 6.54 Å². The number of pyridine rings is 1. The van der Waals surface area contributed by atoms with Crippen molar-refractivity contribution in [1.29, 1.82) is 0 Å². The highest BCUT2D eigenvalue weighted by Gasteiger charge is 2.11. The lowest BCUT2D eigenvalue weighted by Gasteiger charge is -2.09. The topological polar surface area (TPSA) is 71.1 Å². The minimum atomic E-state index is -0.264. The van der Waals surface area contributed by atoms with E-state index in [2.05, 4.69) is 15.6 Å². The van der Waals surface area contributed by atoms with Crippen molar-refractivity contribution in [3.05, 3.63) is 65.0 Å². The van der Waals surface area contributed by atoms with Crippen LogP contribution >= 0.6 is 0 Å². The Bertz CT molecular complexity index is 698. The van der Waals surface area contributed by atoms with E-state index in [-0.39, 0.29) is 17.5 Å². The fraction of sp³-hybridized carbons (Fsp3) is 0.278. The summed E-state index contributed by atoms with van der Waals surface area (Å²) >= 11 is 0. The fourth-order valence-corrected chi connectivity index (χ4v) is 2.11. The van der Waals surface area contributed by atoms with Crippen LogP contribution in [-0.4, -0.2) is 23.3 Å². The number of benzene rings is 1. The summed E-state index contributed by atoms with van der Waals surface area (Å²) in [5, 5.41) is 5.61. The molecule has 0 spiro atoms. The van der Waals surface area contributed by atoms with Crippen LogP contribution in [0.2, 0.25) is 0 Å². The lowest BCUT2D eigenvalue weighted by Crippen LogP contribution is -2.27. The average Bonchev–Trinajstić information content (AvgIpc) is 2.58. The lowest BCUT2D eigenvalue weighted by atomic mass is 10.1. The van der Waals surface area contributed by atoms with Crippen molar-refractivity contribution >= 4 is 11.8 Å². The third-order valence-corrected chi connectivity index (χ3v) is 3.49. The molecular formula is C18H21N3O2. The Kier molecular flexibility index (Phi) is 5.86. The second-order valence-corrected chi connectivity index (χ2v) is 5.29. The average molecular weight is 311 g/mol. The van der Waals surface area contributed by atoms with Gasteiger partial charge in [-0.2, -0.15) is 0 Å². The number of hydrogen-bond acceptors (Lipinski definition) is 3. The van der Waals surface area contributed by atoms with Crippen LogP contribution in [0, 0.1) is 6.92 Å². The second kappa shape index (κ2) is 8.08. The van der Waals surface area contributed by atoms with E-state index in [0.717, 1.165) is 17.5 Å². The maximum absolute atomic E-state index is 12.2. The molecule has 5 heteroatoms. The first-order chi connectivity index (χ1) is 11.1. The van der Waals surface area contributed by atoms with Gasteiger partial charge in [-0.25, -0.2) is 0 Å². The van der Waals surface area contributed by atoms with Crippen LogP contribution in [0.4, 0.5) is 0 Å². The molecule has 0 aliphatic rings. The normalized spacial score (nSPS) is 10.2. The Morgan fingerprint density at radius 2 is 1.87 bits per heavy atom. The predicted molar refractivity (Wildman–Crippen MR) is 89.2 cm³/mol. The largest absolute Gasteiger partial charge is 0.351 e. The summed E-state index contributed by atoms with van der Waals surface area (Å²) in [6, 6.07) is 11.0. The SMILES string of the molecule is CCCNC(=O)c1cc(C(=O)NCc2ccccc2C)ccn1. The van der Waals surface area contributed by atoms with Crippen LogP contribution in [0.15, 0.2) is 42.6 Å². The summed E-state index contributed by atoms with van der Waals surface area (Å²) in [7, 11) is 0. The highest BCUT2D eigenvalue weighted by Crippen LogP contribution is 2.07. The maximum Gasteiger partial charge on any atom is 0.269 e. The molecule has 0 unspecified atom stereocenters. The molecule has 0 atom stereocenters. The molecule has 0 radical (unpaired) electrons. The monoisotopic (exact) mass is 311 g/mol. The zero-order chi connectivity index (χ0) is 16.7. The Morgan fingerprint density at radius 3 is 2.61 bits per heavy atom. The smallest absolute Gasteiger partial charge is 0.269 e. The molecule has 1 aromatic carbocycles. The summed E-state index contributed by atoms with van der Waals surface area (Å²) in [5.41, 5.74) is 2.87. The molecule has 5 nitrogen and oxygen atoms in total. The summed E-state index contributed by atoms with van der Waals surface area (Å²) in [6.07, 6.45) is 2.33. The molecule has 1 aromatic heterocycles. The van der Waals surface area contributed by atoms with E-state index in [0.29, 0.717) is 18.7 Å². The van der Waals surface area contributed by atoms with Crippen molar-refractivity contribution in [3.63, 3.8) is 0 Å². The van der Waals surface area contributed by atoms with Crippen LogP contribution < -0.4 is 10.6 Å². The highest BCUT2D eigenvalue weighted by atomic mass is 16.2. The molecule has 2 rings (SSSR count). The van der Waals surface area contributed by atoms with E-state index >= 15 is 0 Å². The van der Waals surface area contributed by atoms with Gasteiger partial charge in [-0.1, -0.05) is 31.2 Å². The number of rotatable bonds is 6. The molecule has 0 bridgehead atoms. The van der Waals surface area contributed by atoms with E-state index in [4.69, 9.17) is 0 Å². The third kappa shape index (κ3) is 4.64. The number of nitrogens with zero attached hydrogens (tertiary/aromatic N) is 1. The van der Waals surface area contributed by atoms with Crippen LogP contribution in [0.3, 0.4) is 0 Å². The van der Waals surface area contributed by atoms with E-state index in [1.165, 1.54) is 12.3 Å². The Hall–Kier alpha value is -2.69. The molecule has 2 amide bonds. The van der Waals surface area contributed by atoms with Gasteiger partial charge in [0.15, 0.2) is 0 Å². The molecule has 0 fully saturated rings. The predicted octanol–water partition coefficient (Wildman–Crippen LogP) is 2.46. The van der Waals surface area contributed by atoms with Crippen LogP contribution in [0.1, 0.15) is 45.3 Å². The maximum atomic E-state index is 12.2. The molecule has 23 heavy (non-hydrogen) atoms. The summed E-state index contributed by atoms with van der Waals surface area (Å²) in [6.45, 7) is 5.02. The van der Waals surface area contributed by atoms with Gasteiger partial charge >= 0.3 is 0 Å². The van der Waals surface area contributed by atoms with E-state index in [1.807, 2.05) is 38.1 Å². The lowest BCUT2D eigenvalue weighted by molar-refractivity contribution is 0.0948. The first-order valence-corrected chi connectivity index (χ1v) is 7.68. The van der Waals surface area contributed by atoms with Crippen LogP contribution in [0.5, 0.6) is 0 Å². The summed E-state index contributed by atoms with van der Waals surface area (Å²) < 4.78 is 0. The molecule has 2 aromatic rings. The number of amides is 2. The van der Waals surface area contributed by atoms with Crippen molar-refractivity contribution in [2.24, 2.45) is 0 Å². The fourth-order valence-electron chi connectivity index (χ4n) is 2.11. The van der Waals surface area contributed by atoms with Crippen molar-refractivity contribution in [3.8, 4) is 0 Å².